The lowest BCUT2D eigenvalue weighted by Crippen LogP contribution is -2.41. The molecular weight excluding hydrogens is 316 g/mol. The molecule has 130 valence electrons. The highest BCUT2D eigenvalue weighted by Gasteiger charge is 2.33. The van der Waals surface area contributed by atoms with Gasteiger partial charge in [0.1, 0.15) is 15.5 Å². The van der Waals surface area contributed by atoms with Gasteiger partial charge in [-0.3, -0.25) is 14.4 Å². The van der Waals surface area contributed by atoms with Gasteiger partial charge in [0.05, 0.1) is 5.75 Å². The molecule has 0 unspecified atom stereocenters. The molecule has 0 spiro atoms. The molecule has 2 heterocycles. The fourth-order valence-electron chi connectivity index (χ4n) is 3.04. The third-order valence-electron chi connectivity index (χ3n) is 4.22. The van der Waals surface area contributed by atoms with Gasteiger partial charge in [0.2, 0.25) is 0 Å². The highest BCUT2D eigenvalue weighted by Crippen LogP contribution is 2.22. The SMILES string of the molecule is CCC[C@@H]1CN(CCS(C)(=O)=O)C[C@H]1NC(=O)c1ccn(C)n1. The number of nitrogens with zero attached hydrogens (tertiary/aromatic N) is 3. The normalized spacial score (nSPS) is 22.4. The average Bonchev–Trinajstić information content (AvgIpc) is 3.03. The molecule has 0 bridgehead atoms. The maximum Gasteiger partial charge on any atom is 0.272 e. The number of aromatic nitrogens is 2. The van der Waals surface area contributed by atoms with Crippen LogP contribution in [0.2, 0.25) is 0 Å². The van der Waals surface area contributed by atoms with Crippen LogP contribution in [-0.2, 0) is 16.9 Å². The second kappa shape index (κ2) is 7.44. The minimum atomic E-state index is -2.96. The van der Waals surface area contributed by atoms with Crippen molar-refractivity contribution in [2.75, 3.05) is 31.6 Å². The van der Waals surface area contributed by atoms with E-state index in [1.807, 2.05) is 0 Å². The van der Waals surface area contributed by atoms with Crippen LogP contribution in [-0.4, -0.2) is 66.7 Å². The van der Waals surface area contributed by atoms with E-state index >= 15 is 0 Å². The van der Waals surface area contributed by atoms with Gasteiger partial charge in [0.15, 0.2) is 0 Å². The molecule has 0 aromatic carbocycles. The third-order valence-corrected chi connectivity index (χ3v) is 5.14. The largest absolute Gasteiger partial charge is 0.346 e. The first-order valence-corrected chi connectivity index (χ1v) is 10.0. The summed E-state index contributed by atoms with van der Waals surface area (Å²) >= 11 is 0. The standard InChI is InChI=1S/C15H26N4O3S/c1-4-5-12-10-19(8-9-23(3,21)22)11-14(12)16-15(20)13-6-7-18(2)17-13/h6-7,12,14H,4-5,8-11H2,1-3H3,(H,16,20)/t12-,14-/m1/s1. The van der Waals surface area contributed by atoms with Crippen molar-refractivity contribution in [3.05, 3.63) is 18.0 Å². The lowest BCUT2D eigenvalue weighted by Gasteiger charge is -2.18. The van der Waals surface area contributed by atoms with Crippen LogP contribution in [0, 0.1) is 5.92 Å². The molecule has 1 aliphatic heterocycles. The Morgan fingerprint density at radius 1 is 1.43 bits per heavy atom. The highest BCUT2D eigenvalue weighted by atomic mass is 32.2. The molecule has 0 aliphatic carbocycles. The number of hydrogen-bond donors (Lipinski definition) is 1. The number of hydrogen-bond acceptors (Lipinski definition) is 5. The smallest absolute Gasteiger partial charge is 0.272 e. The Labute approximate surface area is 138 Å². The molecule has 1 saturated heterocycles. The first kappa shape index (κ1) is 17.9. The summed E-state index contributed by atoms with van der Waals surface area (Å²) in [5, 5.41) is 7.19. The summed E-state index contributed by atoms with van der Waals surface area (Å²) in [4.78, 5) is 14.4. The van der Waals surface area contributed by atoms with Gasteiger partial charge in [-0.1, -0.05) is 13.3 Å². The van der Waals surface area contributed by atoms with E-state index in [4.69, 9.17) is 0 Å². The van der Waals surface area contributed by atoms with Crippen molar-refractivity contribution >= 4 is 15.7 Å². The molecule has 0 radical (unpaired) electrons. The summed E-state index contributed by atoms with van der Waals surface area (Å²) in [7, 11) is -1.19. The lowest BCUT2D eigenvalue weighted by molar-refractivity contribution is 0.0923. The summed E-state index contributed by atoms with van der Waals surface area (Å²) in [6.07, 6.45) is 5.06. The monoisotopic (exact) mass is 342 g/mol. The second-order valence-electron chi connectivity index (χ2n) is 6.39. The quantitative estimate of drug-likeness (QED) is 0.770. The van der Waals surface area contributed by atoms with Gasteiger partial charge < -0.3 is 5.32 Å². The summed E-state index contributed by atoms with van der Waals surface area (Å²) in [5.41, 5.74) is 0.414. The van der Waals surface area contributed by atoms with E-state index in [2.05, 4.69) is 22.2 Å². The van der Waals surface area contributed by atoms with Gasteiger partial charge in [-0.15, -0.1) is 0 Å². The number of nitrogens with one attached hydrogen (secondary N) is 1. The molecule has 1 aliphatic rings. The van der Waals surface area contributed by atoms with Crippen LogP contribution in [0.4, 0.5) is 0 Å². The Morgan fingerprint density at radius 2 is 2.17 bits per heavy atom. The summed E-state index contributed by atoms with van der Waals surface area (Å²) in [6.45, 7) is 4.17. The zero-order valence-corrected chi connectivity index (χ0v) is 14.8. The van der Waals surface area contributed by atoms with Crippen molar-refractivity contribution < 1.29 is 13.2 Å². The average molecular weight is 342 g/mol. The molecular formula is C15H26N4O3S. The number of likely N-dealkylation sites (tertiary alicyclic amines) is 1. The maximum absolute atomic E-state index is 12.3. The van der Waals surface area contributed by atoms with Gasteiger partial charge >= 0.3 is 0 Å². The lowest BCUT2D eigenvalue weighted by atomic mass is 9.98. The van der Waals surface area contributed by atoms with Crippen molar-refractivity contribution in [1.82, 2.24) is 20.0 Å². The first-order chi connectivity index (χ1) is 10.8. The van der Waals surface area contributed by atoms with E-state index in [9.17, 15) is 13.2 Å². The zero-order chi connectivity index (χ0) is 17.0. The van der Waals surface area contributed by atoms with Crippen molar-refractivity contribution in [2.24, 2.45) is 13.0 Å². The molecule has 8 heteroatoms. The van der Waals surface area contributed by atoms with Gasteiger partial charge in [0, 0.05) is 45.2 Å². The Hall–Kier alpha value is -1.41. The minimum absolute atomic E-state index is 0.0454. The van der Waals surface area contributed by atoms with Gasteiger partial charge in [-0.25, -0.2) is 8.42 Å². The molecule has 1 N–H and O–H groups in total. The number of amides is 1. The first-order valence-electron chi connectivity index (χ1n) is 7.99. The molecule has 0 saturated carbocycles. The number of carbonyl (C=O) groups is 1. The van der Waals surface area contributed by atoms with Crippen molar-refractivity contribution in [3.8, 4) is 0 Å². The van der Waals surface area contributed by atoms with Crippen molar-refractivity contribution in [2.45, 2.75) is 25.8 Å². The van der Waals surface area contributed by atoms with Gasteiger partial charge in [-0.05, 0) is 18.4 Å². The van der Waals surface area contributed by atoms with Crippen LogP contribution in [0.25, 0.3) is 0 Å². The minimum Gasteiger partial charge on any atom is -0.346 e. The van der Waals surface area contributed by atoms with E-state index in [1.165, 1.54) is 6.26 Å². The predicted molar refractivity (Wildman–Crippen MR) is 89.0 cm³/mol. The van der Waals surface area contributed by atoms with Gasteiger partial charge in [0.25, 0.3) is 5.91 Å². The van der Waals surface area contributed by atoms with Gasteiger partial charge in [-0.2, -0.15) is 5.10 Å². The maximum atomic E-state index is 12.3. The predicted octanol–water partition coefficient (Wildman–Crippen LogP) is 0.295. The Kier molecular flexibility index (Phi) is 5.80. The molecule has 1 amide bonds. The zero-order valence-electron chi connectivity index (χ0n) is 14.0. The third kappa shape index (κ3) is 5.31. The van der Waals surface area contributed by atoms with Crippen LogP contribution < -0.4 is 5.32 Å². The van der Waals surface area contributed by atoms with E-state index in [1.54, 1.807) is 24.0 Å². The molecule has 1 aromatic rings. The van der Waals surface area contributed by atoms with Crippen LogP contribution in [0.15, 0.2) is 12.3 Å². The van der Waals surface area contributed by atoms with Crippen LogP contribution >= 0.6 is 0 Å². The molecule has 1 fully saturated rings. The molecule has 1 aromatic heterocycles. The van der Waals surface area contributed by atoms with Crippen molar-refractivity contribution in [1.29, 1.82) is 0 Å². The fourth-order valence-corrected chi connectivity index (χ4v) is 3.63. The summed E-state index contributed by atoms with van der Waals surface area (Å²) in [5.74, 6) is 0.348. The van der Waals surface area contributed by atoms with Crippen molar-refractivity contribution in [3.63, 3.8) is 0 Å². The van der Waals surface area contributed by atoms with E-state index in [-0.39, 0.29) is 17.7 Å². The van der Waals surface area contributed by atoms with E-state index < -0.39 is 9.84 Å². The van der Waals surface area contributed by atoms with E-state index in [0.29, 0.717) is 24.7 Å². The Morgan fingerprint density at radius 3 is 2.74 bits per heavy atom. The summed E-state index contributed by atoms with van der Waals surface area (Å²) < 4.78 is 24.3. The van der Waals surface area contributed by atoms with Crippen LogP contribution in [0.3, 0.4) is 0 Å². The topological polar surface area (TPSA) is 84.3 Å². The van der Waals surface area contributed by atoms with Crippen LogP contribution in [0.1, 0.15) is 30.3 Å². The molecule has 23 heavy (non-hydrogen) atoms. The number of rotatable bonds is 7. The fraction of sp³-hybridized carbons (Fsp3) is 0.733. The Bertz CT molecular complexity index is 641. The highest BCUT2D eigenvalue weighted by molar-refractivity contribution is 7.90. The summed E-state index contributed by atoms with van der Waals surface area (Å²) in [6, 6.07) is 1.74. The molecule has 7 nitrogen and oxygen atoms in total. The number of aryl methyl sites for hydroxylation is 1. The second-order valence-corrected chi connectivity index (χ2v) is 8.65. The Balaban J connectivity index is 1.96. The number of carbonyl (C=O) groups excluding carboxylic acids is 1. The van der Waals surface area contributed by atoms with Crippen LogP contribution in [0.5, 0.6) is 0 Å². The molecule has 2 atom stereocenters. The van der Waals surface area contributed by atoms with E-state index in [0.717, 1.165) is 19.4 Å². The molecule has 2 rings (SSSR count). The number of sulfone groups is 1.